The topological polar surface area (TPSA) is 92.8 Å². The first-order valence-electron chi connectivity index (χ1n) is 9.48. The van der Waals surface area contributed by atoms with E-state index >= 15 is 0 Å². The SMILES string of the molecule is COC(=O)c1cccc(NC(=O)[C@H]2CCCN(S(=O)(=O)c3ccc(F)cc3)C2)c1C. The van der Waals surface area contributed by atoms with Crippen LogP contribution in [-0.2, 0) is 19.6 Å². The van der Waals surface area contributed by atoms with Crippen molar-refractivity contribution < 1.29 is 27.1 Å². The molecule has 1 saturated heterocycles. The van der Waals surface area contributed by atoms with Crippen molar-refractivity contribution in [2.75, 3.05) is 25.5 Å². The number of piperidine rings is 1. The van der Waals surface area contributed by atoms with Gasteiger partial charge in [-0.2, -0.15) is 4.31 Å². The zero-order valence-corrected chi connectivity index (χ0v) is 17.5. The lowest BCUT2D eigenvalue weighted by Crippen LogP contribution is -2.43. The zero-order chi connectivity index (χ0) is 21.9. The molecule has 3 rings (SSSR count). The number of rotatable bonds is 5. The fourth-order valence-corrected chi connectivity index (χ4v) is 4.99. The van der Waals surface area contributed by atoms with E-state index in [-0.39, 0.29) is 17.3 Å². The Bertz CT molecular complexity index is 1050. The highest BCUT2D eigenvalue weighted by Crippen LogP contribution is 2.26. The quantitative estimate of drug-likeness (QED) is 0.731. The molecule has 0 aromatic heterocycles. The minimum Gasteiger partial charge on any atom is -0.465 e. The summed E-state index contributed by atoms with van der Waals surface area (Å²) in [7, 11) is -2.54. The summed E-state index contributed by atoms with van der Waals surface area (Å²) in [5.41, 5.74) is 1.39. The van der Waals surface area contributed by atoms with Crippen LogP contribution in [0.5, 0.6) is 0 Å². The van der Waals surface area contributed by atoms with Crippen molar-refractivity contribution in [3.63, 3.8) is 0 Å². The van der Waals surface area contributed by atoms with Crippen molar-refractivity contribution in [1.29, 1.82) is 0 Å². The summed E-state index contributed by atoms with van der Waals surface area (Å²) in [4.78, 5) is 24.7. The van der Waals surface area contributed by atoms with Crippen LogP contribution in [-0.4, -0.2) is 44.8 Å². The van der Waals surface area contributed by atoms with Gasteiger partial charge < -0.3 is 10.1 Å². The number of nitrogens with zero attached hydrogens (tertiary/aromatic N) is 1. The highest BCUT2D eigenvalue weighted by atomic mass is 32.2. The van der Waals surface area contributed by atoms with E-state index in [1.54, 1.807) is 25.1 Å². The lowest BCUT2D eigenvalue weighted by Gasteiger charge is -2.31. The second kappa shape index (κ2) is 8.93. The van der Waals surface area contributed by atoms with Gasteiger partial charge in [-0.25, -0.2) is 17.6 Å². The van der Waals surface area contributed by atoms with Gasteiger partial charge in [0, 0.05) is 18.8 Å². The van der Waals surface area contributed by atoms with Crippen molar-refractivity contribution >= 4 is 27.6 Å². The van der Waals surface area contributed by atoms with Crippen LogP contribution in [0.1, 0.15) is 28.8 Å². The number of hydrogen-bond donors (Lipinski definition) is 1. The lowest BCUT2D eigenvalue weighted by molar-refractivity contribution is -0.120. The number of carbonyl (C=O) groups excluding carboxylic acids is 2. The van der Waals surface area contributed by atoms with E-state index in [0.29, 0.717) is 36.2 Å². The van der Waals surface area contributed by atoms with E-state index in [2.05, 4.69) is 5.32 Å². The Morgan fingerprint density at radius 2 is 1.87 bits per heavy atom. The number of methoxy groups -OCH3 is 1. The standard InChI is InChI=1S/C21H23FN2O5S/c1-14-18(21(26)29-2)6-3-7-19(14)23-20(25)15-5-4-12-24(13-15)30(27,28)17-10-8-16(22)9-11-17/h3,6-11,15H,4-5,12-13H2,1-2H3,(H,23,25)/t15-/m0/s1. The van der Waals surface area contributed by atoms with Crippen LogP contribution in [0.3, 0.4) is 0 Å². The van der Waals surface area contributed by atoms with E-state index in [1.165, 1.54) is 23.5 Å². The van der Waals surface area contributed by atoms with Crippen molar-refractivity contribution in [2.24, 2.45) is 5.92 Å². The first kappa shape index (κ1) is 21.9. The Morgan fingerprint density at radius 3 is 2.53 bits per heavy atom. The first-order chi connectivity index (χ1) is 14.2. The van der Waals surface area contributed by atoms with E-state index in [0.717, 1.165) is 12.1 Å². The molecule has 0 bridgehead atoms. The number of halogens is 1. The molecule has 1 aliphatic rings. The largest absolute Gasteiger partial charge is 0.465 e. The smallest absolute Gasteiger partial charge is 0.338 e. The Balaban J connectivity index is 1.75. The van der Waals surface area contributed by atoms with E-state index < -0.39 is 27.7 Å². The fourth-order valence-electron chi connectivity index (χ4n) is 3.47. The van der Waals surface area contributed by atoms with Crippen LogP contribution in [0, 0.1) is 18.7 Å². The Hall–Kier alpha value is -2.78. The number of nitrogens with one attached hydrogen (secondary N) is 1. The van der Waals surface area contributed by atoms with Gasteiger partial charge in [0.15, 0.2) is 0 Å². The van der Waals surface area contributed by atoms with E-state index in [9.17, 15) is 22.4 Å². The minimum atomic E-state index is -3.82. The average Bonchev–Trinajstić information content (AvgIpc) is 2.75. The molecule has 2 aromatic rings. The molecule has 2 aromatic carbocycles. The lowest BCUT2D eigenvalue weighted by atomic mass is 9.98. The van der Waals surface area contributed by atoms with Crippen LogP contribution in [0.4, 0.5) is 10.1 Å². The van der Waals surface area contributed by atoms with Crippen molar-refractivity contribution in [1.82, 2.24) is 4.31 Å². The minimum absolute atomic E-state index is 0.00779. The van der Waals surface area contributed by atoms with Gasteiger partial charge in [-0.1, -0.05) is 6.07 Å². The Kier molecular flexibility index (Phi) is 6.52. The van der Waals surface area contributed by atoms with Gasteiger partial charge in [0.1, 0.15) is 5.82 Å². The maximum atomic E-state index is 13.1. The summed E-state index contributed by atoms with van der Waals surface area (Å²) < 4.78 is 44.8. The molecule has 1 heterocycles. The fraction of sp³-hybridized carbons (Fsp3) is 0.333. The van der Waals surface area contributed by atoms with Crippen LogP contribution in [0.15, 0.2) is 47.4 Å². The molecule has 1 N–H and O–H groups in total. The zero-order valence-electron chi connectivity index (χ0n) is 16.7. The van der Waals surface area contributed by atoms with Crippen LogP contribution in [0.2, 0.25) is 0 Å². The van der Waals surface area contributed by atoms with Crippen LogP contribution < -0.4 is 5.32 Å². The second-order valence-corrected chi connectivity index (χ2v) is 9.05. The molecule has 1 fully saturated rings. The summed E-state index contributed by atoms with van der Waals surface area (Å²) in [5, 5.41) is 2.80. The molecule has 0 aliphatic carbocycles. The number of esters is 1. The summed E-state index contributed by atoms with van der Waals surface area (Å²) >= 11 is 0. The third-order valence-corrected chi connectivity index (χ3v) is 7.08. The highest BCUT2D eigenvalue weighted by Gasteiger charge is 2.33. The molecule has 30 heavy (non-hydrogen) atoms. The Morgan fingerprint density at radius 1 is 1.17 bits per heavy atom. The number of carbonyl (C=O) groups is 2. The van der Waals surface area contributed by atoms with Gasteiger partial charge in [0.25, 0.3) is 0 Å². The van der Waals surface area contributed by atoms with E-state index in [4.69, 9.17) is 4.74 Å². The van der Waals surface area contributed by atoms with Gasteiger partial charge in [0.2, 0.25) is 15.9 Å². The van der Waals surface area contributed by atoms with Crippen LogP contribution in [0.25, 0.3) is 0 Å². The molecule has 7 nitrogen and oxygen atoms in total. The number of amides is 1. The second-order valence-electron chi connectivity index (χ2n) is 7.12. The molecule has 9 heteroatoms. The van der Waals surface area contributed by atoms with Gasteiger partial charge >= 0.3 is 5.97 Å². The molecule has 0 saturated carbocycles. The molecule has 0 unspecified atom stereocenters. The van der Waals surface area contributed by atoms with Crippen molar-refractivity contribution in [3.05, 3.63) is 59.4 Å². The average molecular weight is 434 g/mol. The third kappa shape index (κ3) is 4.52. The summed E-state index contributed by atoms with van der Waals surface area (Å²) in [6, 6.07) is 9.55. The molecule has 1 aliphatic heterocycles. The summed E-state index contributed by atoms with van der Waals surface area (Å²) in [6.07, 6.45) is 1.07. The summed E-state index contributed by atoms with van der Waals surface area (Å²) in [5.74, 6) is -1.89. The molecule has 0 radical (unpaired) electrons. The van der Waals surface area contributed by atoms with Gasteiger partial charge in [0.05, 0.1) is 23.5 Å². The number of sulfonamides is 1. The van der Waals surface area contributed by atoms with Crippen molar-refractivity contribution in [2.45, 2.75) is 24.7 Å². The molecular weight excluding hydrogens is 411 g/mol. The Labute approximate surface area is 174 Å². The molecule has 1 amide bonds. The van der Waals surface area contributed by atoms with Gasteiger partial charge in [-0.15, -0.1) is 0 Å². The number of anilines is 1. The maximum absolute atomic E-state index is 13.1. The monoisotopic (exact) mass is 434 g/mol. The first-order valence-corrected chi connectivity index (χ1v) is 10.9. The molecule has 160 valence electrons. The molecule has 1 atom stereocenters. The van der Waals surface area contributed by atoms with Gasteiger partial charge in [-0.05, 0) is 61.7 Å². The normalized spacial score (nSPS) is 17.4. The van der Waals surface area contributed by atoms with E-state index in [1.807, 2.05) is 0 Å². The van der Waals surface area contributed by atoms with Crippen molar-refractivity contribution in [3.8, 4) is 0 Å². The van der Waals surface area contributed by atoms with Gasteiger partial charge in [-0.3, -0.25) is 4.79 Å². The number of benzene rings is 2. The summed E-state index contributed by atoms with van der Waals surface area (Å²) in [6.45, 7) is 2.02. The maximum Gasteiger partial charge on any atom is 0.338 e. The number of hydrogen-bond acceptors (Lipinski definition) is 5. The molecule has 0 spiro atoms. The van der Waals surface area contributed by atoms with Crippen LogP contribution >= 0.6 is 0 Å². The predicted molar refractivity (Wildman–Crippen MR) is 109 cm³/mol. The highest BCUT2D eigenvalue weighted by molar-refractivity contribution is 7.89. The third-order valence-electron chi connectivity index (χ3n) is 5.20. The molecular formula is C21H23FN2O5S. The number of ether oxygens (including phenoxy) is 1. The predicted octanol–water partition coefficient (Wildman–Crippen LogP) is 2.96.